The van der Waals surface area contributed by atoms with Crippen LogP contribution >= 0.6 is 0 Å². The third kappa shape index (κ3) is 2.28. The SMILES string of the molecule is O=C1CC(NCC2CCCCC2O)C2CCCN12. The largest absolute Gasteiger partial charge is 0.393 e. The third-order valence-corrected chi connectivity index (χ3v) is 4.99. The van der Waals surface area contributed by atoms with Crippen LogP contribution in [0.3, 0.4) is 0 Å². The van der Waals surface area contributed by atoms with Crippen LogP contribution in [0.15, 0.2) is 0 Å². The molecule has 4 heteroatoms. The second kappa shape index (κ2) is 5.17. The Kier molecular flexibility index (Phi) is 3.57. The Hall–Kier alpha value is -0.610. The van der Waals surface area contributed by atoms with Gasteiger partial charge in [-0.15, -0.1) is 0 Å². The summed E-state index contributed by atoms with van der Waals surface area (Å²) in [4.78, 5) is 13.9. The molecular weight excluding hydrogens is 228 g/mol. The first-order valence-electron chi connectivity index (χ1n) is 7.46. The molecule has 0 spiro atoms. The van der Waals surface area contributed by atoms with Crippen molar-refractivity contribution in [2.75, 3.05) is 13.1 Å². The summed E-state index contributed by atoms with van der Waals surface area (Å²) in [6.07, 6.45) is 7.31. The average molecular weight is 252 g/mol. The molecule has 2 aliphatic heterocycles. The van der Waals surface area contributed by atoms with Crippen LogP contribution in [0.4, 0.5) is 0 Å². The topological polar surface area (TPSA) is 52.6 Å². The van der Waals surface area contributed by atoms with Crippen molar-refractivity contribution >= 4 is 5.91 Å². The van der Waals surface area contributed by atoms with Crippen LogP contribution in [0.2, 0.25) is 0 Å². The predicted octanol–water partition coefficient (Wildman–Crippen LogP) is 0.890. The first-order valence-corrected chi connectivity index (χ1v) is 7.46. The zero-order valence-corrected chi connectivity index (χ0v) is 11.0. The summed E-state index contributed by atoms with van der Waals surface area (Å²) in [5.74, 6) is 0.712. The van der Waals surface area contributed by atoms with Gasteiger partial charge in [-0.3, -0.25) is 4.79 Å². The smallest absolute Gasteiger partial charge is 0.224 e. The summed E-state index contributed by atoms with van der Waals surface area (Å²) in [7, 11) is 0. The number of rotatable bonds is 3. The molecule has 18 heavy (non-hydrogen) atoms. The Morgan fingerprint density at radius 1 is 1.22 bits per heavy atom. The molecule has 0 aromatic rings. The maximum atomic E-state index is 11.8. The summed E-state index contributed by atoms with van der Waals surface area (Å²) < 4.78 is 0. The number of amides is 1. The number of hydrogen-bond donors (Lipinski definition) is 2. The van der Waals surface area contributed by atoms with E-state index in [0.717, 1.165) is 45.2 Å². The molecule has 4 nitrogen and oxygen atoms in total. The average Bonchev–Trinajstić information content (AvgIpc) is 2.94. The second-order valence-electron chi connectivity index (χ2n) is 6.13. The van der Waals surface area contributed by atoms with Crippen molar-refractivity contribution in [1.29, 1.82) is 0 Å². The van der Waals surface area contributed by atoms with Crippen molar-refractivity contribution in [2.24, 2.45) is 5.92 Å². The summed E-state index contributed by atoms with van der Waals surface area (Å²) in [5, 5.41) is 13.5. The molecule has 3 fully saturated rings. The first-order chi connectivity index (χ1) is 8.75. The van der Waals surface area contributed by atoms with Crippen molar-refractivity contribution in [3.05, 3.63) is 0 Å². The lowest BCUT2D eigenvalue weighted by atomic mass is 9.86. The maximum absolute atomic E-state index is 11.8. The molecule has 4 atom stereocenters. The number of carbonyl (C=O) groups excluding carboxylic acids is 1. The van der Waals surface area contributed by atoms with Gasteiger partial charge in [-0.2, -0.15) is 0 Å². The van der Waals surface area contributed by atoms with Crippen LogP contribution in [0.25, 0.3) is 0 Å². The Labute approximate surface area is 109 Å². The molecule has 1 saturated carbocycles. The van der Waals surface area contributed by atoms with E-state index in [2.05, 4.69) is 10.2 Å². The summed E-state index contributed by atoms with van der Waals surface area (Å²) in [6.45, 7) is 1.83. The van der Waals surface area contributed by atoms with Crippen molar-refractivity contribution < 1.29 is 9.90 Å². The van der Waals surface area contributed by atoms with E-state index < -0.39 is 0 Å². The van der Waals surface area contributed by atoms with Crippen molar-refractivity contribution in [3.63, 3.8) is 0 Å². The van der Waals surface area contributed by atoms with Gasteiger partial charge in [0.2, 0.25) is 5.91 Å². The zero-order chi connectivity index (χ0) is 12.5. The molecule has 0 bridgehead atoms. The minimum absolute atomic E-state index is 0.136. The monoisotopic (exact) mass is 252 g/mol. The molecular formula is C14H24N2O2. The van der Waals surface area contributed by atoms with E-state index in [0.29, 0.717) is 30.3 Å². The minimum atomic E-state index is -0.136. The van der Waals surface area contributed by atoms with E-state index in [1.165, 1.54) is 6.42 Å². The molecule has 0 radical (unpaired) electrons. The number of carbonyl (C=O) groups is 1. The summed E-state index contributed by atoms with van der Waals surface area (Å²) in [6, 6.07) is 0.757. The van der Waals surface area contributed by atoms with Gasteiger partial charge in [-0.05, 0) is 31.6 Å². The molecule has 0 aromatic carbocycles. The van der Waals surface area contributed by atoms with Crippen LogP contribution in [0.5, 0.6) is 0 Å². The van der Waals surface area contributed by atoms with Gasteiger partial charge in [0, 0.05) is 31.6 Å². The summed E-state index contributed by atoms with van der Waals surface area (Å²) >= 11 is 0. The van der Waals surface area contributed by atoms with Gasteiger partial charge >= 0.3 is 0 Å². The number of aliphatic hydroxyl groups is 1. The van der Waals surface area contributed by atoms with Gasteiger partial charge in [0.05, 0.1) is 6.10 Å². The van der Waals surface area contributed by atoms with Crippen LogP contribution in [-0.2, 0) is 4.79 Å². The second-order valence-corrected chi connectivity index (χ2v) is 6.13. The lowest BCUT2D eigenvalue weighted by Crippen LogP contribution is -2.43. The molecule has 1 aliphatic carbocycles. The predicted molar refractivity (Wildman–Crippen MR) is 69.1 cm³/mol. The van der Waals surface area contributed by atoms with Crippen LogP contribution < -0.4 is 5.32 Å². The zero-order valence-electron chi connectivity index (χ0n) is 11.0. The van der Waals surface area contributed by atoms with Gasteiger partial charge < -0.3 is 15.3 Å². The third-order valence-electron chi connectivity index (χ3n) is 4.99. The number of nitrogens with one attached hydrogen (secondary N) is 1. The molecule has 3 aliphatic rings. The van der Waals surface area contributed by atoms with Gasteiger partial charge in [0.1, 0.15) is 0 Å². The normalized spacial score (nSPS) is 40.3. The minimum Gasteiger partial charge on any atom is -0.393 e. The van der Waals surface area contributed by atoms with E-state index in [1.807, 2.05) is 0 Å². The number of hydrogen-bond acceptors (Lipinski definition) is 3. The highest BCUT2D eigenvalue weighted by Crippen LogP contribution is 2.30. The summed E-state index contributed by atoms with van der Waals surface area (Å²) in [5.41, 5.74) is 0. The number of nitrogens with zero attached hydrogens (tertiary/aromatic N) is 1. The quantitative estimate of drug-likeness (QED) is 0.784. The highest BCUT2D eigenvalue weighted by atomic mass is 16.3. The highest BCUT2D eigenvalue weighted by Gasteiger charge is 2.42. The van der Waals surface area contributed by atoms with Crippen molar-refractivity contribution in [2.45, 2.75) is 63.1 Å². The first kappa shape index (κ1) is 12.4. The Bertz CT molecular complexity index is 321. The van der Waals surface area contributed by atoms with Crippen molar-refractivity contribution in [3.8, 4) is 0 Å². The van der Waals surface area contributed by atoms with E-state index in [4.69, 9.17) is 0 Å². The maximum Gasteiger partial charge on any atom is 0.224 e. The van der Waals surface area contributed by atoms with E-state index in [9.17, 15) is 9.90 Å². The molecule has 4 unspecified atom stereocenters. The van der Waals surface area contributed by atoms with Crippen molar-refractivity contribution in [1.82, 2.24) is 10.2 Å². The molecule has 1 amide bonds. The molecule has 3 rings (SSSR count). The Balaban J connectivity index is 1.52. The van der Waals surface area contributed by atoms with Gasteiger partial charge in [-0.25, -0.2) is 0 Å². The highest BCUT2D eigenvalue weighted by molar-refractivity contribution is 5.80. The number of aliphatic hydroxyl groups excluding tert-OH is 1. The van der Waals surface area contributed by atoms with E-state index >= 15 is 0 Å². The van der Waals surface area contributed by atoms with E-state index in [1.54, 1.807) is 0 Å². The molecule has 102 valence electrons. The molecule has 2 heterocycles. The van der Waals surface area contributed by atoms with Gasteiger partial charge in [0.15, 0.2) is 0 Å². The van der Waals surface area contributed by atoms with Crippen LogP contribution in [-0.4, -0.2) is 47.2 Å². The van der Waals surface area contributed by atoms with Crippen LogP contribution in [0.1, 0.15) is 44.9 Å². The van der Waals surface area contributed by atoms with Gasteiger partial charge in [-0.1, -0.05) is 12.8 Å². The molecule has 0 aromatic heterocycles. The Morgan fingerprint density at radius 3 is 2.89 bits per heavy atom. The lowest BCUT2D eigenvalue weighted by molar-refractivity contribution is -0.127. The fourth-order valence-corrected chi connectivity index (χ4v) is 3.90. The fraction of sp³-hybridized carbons (Fsp3) is 0.929. The standard InChI is InChI=1S/C14H24N2O2/c17-13-6-2-1-4-10(13)9-15-11-8-14(18)16-7-3-5-12(11)16/h10-13,15,17H,1-9H2. The Morgan fingerprint density at radius 2 is 2.06 bits per heavy atom. The number of fused-ring (bicyclic) bond motifs is 1. The fourth-order valence-electron chi connectivity index (χ4n) is 3.90. The van der Waals surface area contributed by atoms with E-state index in [-0.39, 0.29) is 6.10 Å². The van der Waals surface area contributed by atoms with Crippen LogP contribution in [0, 0.1) is 5.92 Å². The van der Waals surface area contributed by atoms with Gasteiger partial charge in [0.25, 0.3) is 0 Å². The lowest BCUT2D eigenvalue weighted by Gasteiger charge is -2.30. The molecule has 2 N–H and O–H groups in total. The molecule has 2 saturated heterocycles.